The van der Waals surface area contributed by atoms with E-state index < -0.39 is 10.0 Å². The summed E-state index contributed by atoms with van der Waals surface area (Å²) in [5.41, 5.74) is 1.77. The smallest absolute Gasteiger partial charge is 0.251 e. The van der Waals surface area contributed by atoms with Crippen molar-refractivity contribution in [1.82, 2.24) is 9.62 Å². The number of benzene rings is 2. The van der Waals surface area contributed by atoms with Crippen LogP contribution in [0.2, 0.25) is 5.02 Å². The monoisotopic (exact) mass is 406 g/mol. The van der Waals surface area contributed by atoms with Crippen molar-refractivity contribution >= 4 is 27.5 Å². The maximum absolute atomic E-state index is 13.0. The summed E-state index contributed by atoms with van der Waals surface area (Å²) in [6.45, 7) is 3.10. The van der Waals surface area contributed by atoms with E-state index in [1.54, 1.807) is 25.1 Å². The van der Waals surface area contributed by atoms with Gasteiger partial charge >= 0.3 is 0 Å². The Morgan fingerprint density at radius 2 is 1.81 bits per heavy atom. The van der Waals surface area contributed by atoms with Crippen LogP contribution in [0.4, 0.5) is 0 Å². The van der Waals surface area contributed by atoms with Crippen LogP contribution in [0.25, 0.3) is 0 Å². The minimum atomic E-state index is -3.59. The Hall–Kier alpha value is -1.89. The summed E-state index contributed by atoms with van der Waals surface area (Å²) >= 11 is 6.11. The number of hydrogen-bond donors (Lipinski definition) is 1. The van der Waals surface area contributed by atoms with Gasteiger partial charge in [-0.15, -0.1) is 0 Å². The Kier molecular flexibility index (Phi) is 6.19. The molecule has 5 nitrogen and oxygen atoms in total. The second kappa shape index (κ2) is 8.42. The van der Waals surface area contributed by atoms with Gasteiger partial charge in [-0.05, 0) is 49.1 Å². The van der Waals surface area contributed by atoms with Crippen LogP contribution in [0, 0.1) is 6.92 Å². The Bertz CT molecular complexity index is 938. The molecule has 0 bridgehead atoms. The Labute approximate surface area is 165 Å². The van der Waals surface area contributed by atoms with Gasteiger partial charge in [0.05, 0.1) is 4.90 Å². The summed E-state index contributed by atoms with van der Waals surface area (Å²) in [6, 6.07) is 12.1. The minimum Gasteiger partial charge on any atom is -0.348 e. The predicted octanol–water partition coefficient (Wildman–Crippen LogP) is 3.75. The highest BCUT2D eigenvalue weighted by molar-refractivity contribution is 7.89. The summed E-state index contributed by atoms with van der Waals surface area (Å²) in [4.78, 5) is 12.7. The van der Waals surface area contributed by atoms with E-state index in [2.05, 4.69) is 5.32 Å². The first-order valence-electron chi connectivity index (χ1n) is 9.02. The second-order valence-electron chi connectivity index (χ2n) is 6.72. The van der Waals surface area contributed by atoms with Crippen LogP contribution in [0.15, 0.2) is 47.4 Å². The van der Waals surface area contributed by atoms with E-state index in [1.807, 2.05) is 18.2 Å². The van der Waals surface area contributed by atoms with Crippen molar-refractivity contribution in [2.24, 2.45) is 0 Å². The van der Waals surface area contributed by atoms with E-state index in [0.29, 0.717) is 29.2 Å². The molecular formula is C20H23ClN2O3S. The van der Waals surface area contributed by atoms with Crippen molar-refractivity contribution in [3.8, 4) is 0 Å². The first-order chi connectivity index (χ1) is 12.9. The zero-order valence-corrected chi connectivity index (χ0v) is 16.8. The van der Waals surface area contributed by atoms with Crippen LogP contribution >= 0.6 is 11.6 Å². The normalized spacial score (nSPS) is 15.5. The SMILES string of the molecule is Cc1ccc(C(=O)NCc2ccccc2Cl)cc1S(=O)(=O)N1CCCCC1. The Balaban J connectivity index is 1.80. The number of hydrogen-bond acceptors (Lipinski definition) is 3. The van der Waals surface area contributed by atoms with Gasteiger partial charge in [0.25, 0.3) is 5.91 Å². The third-order valence-corrected chi connectivity index (χ3v) is 7.19. The van der Waals surface area contributed by atoms with Crippen molar-refractivity contribution < 1.29 is 13.2 Å². The van der Waals surface area contributed by atoms with E-state index in [1.165, 1.54) is 10.4 Å². The number of piperidine rings is 1. The lowest BCUT2D eigenvalue weighted by molar-refractivity contribution is 0.0950. The maximum atomic E-state index is 13.0. The highest BCUT2D eigenvalue weighted by Gasteiger charge is 2.28. The molecule has 27 heavy (non-hydrogen) atoms. The van der Waals surface area contributed by atoms with Crippen molar-refractivity contribution in [2.45, 2.75) is 37.6 Å². The van der Waals surface area contributed by atoms with E-state index in [4.69, 9.17) is 11.6 Å². The summed E-state index contributed by atoms with van der Waals surface area (Å²) in [5, 5.41) is 3.38. The number of sulfonamides is 1. The largest absolute Gasteiger partial charge is 0.348 e. The lowest BCUT2D eigenvalue weighted by Gasteiger charge is -2.26. The molecule has 0 spiro atoms. The van der Waals surface area contributed by atoms with Crippen LogP contribution in [0.3, 0.4) is 0 Å². The van der Waals surface area contributed by atoms with Gasteiger partial charge in [-0.2, -0.15) is 4.31 Å². The number of rotatable bonds is 5. The van der Waals surface area contributed by atoms with Gasteiger partial charge in [0.2, 0.25) is 10.0 Å². The highest BCUT2D eigenvalue weighted by Crippen LogP contribution is 2.24. The number of nitrogens with zero attached hydrogens (tertiary/aromatic N) is 1. The number of halogens is 1. The molecule has 0 radical (unpaired) electrons. The lowest BCUT2D eigenvalue weighted by Crippen LogP contribution is -2.36. The van der Waals surface area contributed by atoms with Crippen LogP contribution < -0.4 is 5.32 Å². The molecule has 1 heterocycles. The van der Waals surface area contributed by atoms with Crippen molar-refractivity contribution in [2.75, 3.05) is 13.1 Å². The minimum absolute atomic E-state index is 0.204. The maximum Gasteiger partial charge on any atom is 0.251 e. The fourth-order valence-electron chi connectivity index (χ4n) is 3.18. The third kappa shape index (κ3) is 4.51. The number of amides is 1. The van der Waals surface area contributed by atoms with Gasteiger partial charge < -0.3 is 5.32 Å². The van der Waals surface area contributed by atoms with Gasteiger partial charge in [0.1, 0.15) is 0 Å². The van der Waals surface area contributed by atoms with Crippen LogP contribution in [0.5, 0.6) is 0 Å². The molecule has 0 atom stereocenters. The van der Waals surface area contributed by atoms with Crippen molar-refractivity contribution in [1.29, 1.82) is 0 Å². The number of nitrogens with one attached hydrogen (secondary N) is 1. The molecule has 1 amide bonds. The third-order valence-electron chi connectivity index (χ3n) is 4.78. The Morgan fingerprint density at radius 3 is 2.52 bits per heavy atom. The second-order valence-corrected chi connectivity index (χ2v) is 9.03. The van der Waals surface area contributed by atoms with E-state index >= 15 is 0 Å². The first kappa shape index (κ1) is 19.9. The fraction of sp³-hybridized carbons (Fsp3) is 0.350. The molecule has 144 valence electrons. The van der Waals surface area contributed by atoms with Gasteiger partial charge in [-0.3, -0.25) is 4.79 Å². The van der Waals surface area contributed by atoms with E-state index in [-0.39, 0.29) is 17.3 Å². The molecule has 0 unspecified atom stereocenters. The van der Waals surface area contributed by atoms with E-state index in [0.717, 1.165) is 24.8 Å². The summed E-state index contributed by atoms with van der Waals surface area (Å²) in [7, 11) is -3.59. The number of carbonyl (C=O) groups is 1. The zero-order chi connectivity index (χ0) is 19.4. The van der Waals surface area contributed by atoms with E-state index in [9.17, 15) is 13.2 Å². The van der Waals surface area contributed by atoms with Crippen molar-refractivity contribution in [3.05, 3.63) is 64.2 Å². The molecule has 7 heteroatoms. The van der Waals surface area contributed by atoms with Gasteiger partial charge in [-0.1, -0.05) is 42.3 Å². The number of aryl methyl sites for hydroxylation is 1. The number of carbonyl (C=O) groups excluding carboxylic acids is 1. The van der Waals surface area contributed by atoms with Crippen LogP contribution in [-0.2, 0) is 16.6 Å². The molecular weight excluding hydrogens is 384 g/mol. The fourth-order valence-corrected chi connectivity index (χ4v) is 5.15. The average molecular weight is 407 g/mol. The molecule has 1 saturated heterocycles. The summed E-state index contributed by atoms with van der Waals surface area (Å²) < 4.78 is 27.5. The van der Waals surface area contributed by atoms with Crippen LogP contribution in [-0.4, -0.2) is 31.7 Å². The molecule has 1 fully saturated rings. The first-order valence-corrected chi connectivity index (χ1v) is 10.8. The Morgan fingerprint density at radius 1 is 1.11 bits per heavy atom. The van der Waals surface area contributed by atoms with Gasteiger partial charge in [0, 0.05) is 30.2 Å². The standard InChI is InChI=1S/C20H23ClN2O3S/c1-15-9-10-16(20(24)22-14-17-7-3-4-8-18(17)21)13-19(15)27(25,26)23-11-5-2-6-12-23/h3-4,7-10,13H,2,5-6,11-12,14H2,1H3,(H,22,24). The molecule has 0 aliphatic carbocycles. The molecule has 1 aliphatic heterocycles. The molecule has 2 aromatic rings. The lowest BCUT2D eigenvalue weighted by atomic mass is 10.1. The van der Waals surface area contributed by atoms with Gasteiger partial charge in [-0.25, -0.2) is 8.42 Å². The van der Waals surface area contributed by atoms with Crippen molar-refractivity contribution in [3.63, 3.8) is 0 Å². The molecule has 2 aromatic carbocycles. The molecule has 1 N–H and O–H groups in total. The summed E-state index contributed by atoms with van der Waals surface area (Å²) in [5.74, 6) is -0.329. The molecule has 3 rings (SSSR count). The van der Waals surface area contributed by atoms with Crippen LogP contribution in [0.1, 0.15) is 40.7 Å². The molecule has 1 aliphatic rings. The highest BCUT2D eigenvalue weighted by atomic mass is 35.5. The quantitative estimate of drug-likeness (QED) is 0.822. The molecule has 0 saturated carbocycles. The molecule has 0 aromatic heterocycles. The topological polar surface area (TPSA) is 66.5 Å². The average Bonchev–Trinajstić information content (AvgIpc) is 2.68. The summed E-state index contributed by atoms with van der Waals surface area (Å²) in [6.07, 6.45) is 2.79. The predicted molar refractivity (Wildman–Crippen MR) is 106 cm³/mol. The van der Waals surface area contributed by atoms with Gasteiger partial charge in [0.15, 0.2) is 0 Å². The zero-order valence-electron chi connectivity index (χ0n) is 15.2.